The predicted molar refractivity (Wildman–Crippen MR) is 82.6 cm³/mol. The fourth-order valence-corrected chi connectivity index (χ4v) is 1.78. The number of rotatable bonds is 6. The second kappa shape index (κ2) is 6.85. The Balaban J connectivity index is 2.25. The first-order valence-electron chi connectivity index (χ1n) is 6.84. The van der Waals surface area contributed by atoms with Gasteiger partial charge in [-0.05, 0) is 30.5 Å². The van der Waals surface area contributed by atoms with Gasteiger partial charge in [0.1, 0.15) is 0 Å². The van der Waals surface area contributed by atoms with Crippen LogP contribution in [0.5, 0.6) is 6.01 Å². The minimum absolute atomic E-state index is 0.225. The Morgan fingerprint density at radius 3 is 2.62 bits per heavy atom. The van der Waals surface area contributed by atoms with Crippen LogP contribution in [0, 0.1) is 0 Å². The SMILES string of the molecule is CCOc1nc(NN)nc(Nc2cccc(C(C)C)c2)n1. The topological polar surface area (TPSA) is 98.0 Å². The molecule has 7 nitrogen and oxygen atoms in total. The molecule has 0 radical (unpaired) electrons. The number of nitrogen functional groups attached to an aromatic ring is 1. The monoisotopic (exact) mass is 288 g/mol. The summed E-state index contributed by atoms with van der Waals surface area (Å²) in [5, 5.41) is 3.13. The quantitative estimate of drug-likeness (QED) is 0.554. The molecule has 0 aliphatic rings. The highest BCUT2D eigenvalue weighted by Gasteiger charge is 2.07. The van der Waals surface area contributed by atoms with Crippen LogP contribution in [0.25, 0.3) is 0 Å². The number of nitrogens with zero attached hydrogens (tertiary/aromatic N) is 3. The van der Waals surface area contributed by atoms with Crippen molar-refractivity contribution >= 4 is 17.6 Å². The molecule has 0 saturated heterocycles. The molecule has 21 heavy (non-hydrogen) atoms. The molecule has 0 saturated carbocycles. The normalized spacial score (nSPS) is 10.5. The third kappa shape index (κ3) is 4.03. The molecule has 0 unspecified atom stereocenters. The highest BCUT2D eigenvalue weighted by atomic mass is 16.5. The van der Waals surface area contributed by atoms with Gasteiger partial charge in [0.2, 0.25) is 11.9 Å². The van der Waals surface area contributed by atoms with E-state index >= 15 is 0 Å². The number of benzene rings is 1. The minimum Gasteiger partial charge on any atom is -0.464 e. The maximum absolute atomic E-state index is 5.35. The molecule has 0 amide bonds. The molecule has 4 N–H and O–H groups in total. The van der Waals surface area contributed by atoms with Crippen LogP contribution in [-0.2, 0) is 0 Å². The van der Waals surface area contributed by atoms with Crippen molar-refractivity contribution in [1.29, 1.82) is 0 Å². The molecule has 0 fully saturated rings. The van der Waals surface area contributed by atoms with E-state index in [2.05, 4.69) is 51.7 Å². The lowest BCUT2D eigenvalue weighted by atomic mass is 10.0. The van der Waals surface area contributed by atoms with E-state index in [1.165, 1.54) is 5.56 Å². The smallest absolute Gasteiger partial charge is 0.323 e. The van der Waals surface area contributed by atoms with Gasteiger partial charge in [-0.15, -0.1) is 0 Å². The van der Waals surface area contributed by atoms with Crippen LogP contribution in [0.15, 0.2) is 24.3 Å². The Kier molecular flexibility index (Phi) is 4.89. The molecule has 0 bridgehead atoms. The Morgan fingerprint density at radius 1 is 1.19 bits per heavy atom. The highest BCUT2D eigenvalue weighted by molar-refractivity contribution is 5.55. The van der Waals surface area contributed by atoms with Crippen LogP contribution in [-0.4, -0.2) is 21.6 Å². The highest BCUT2D eigenvalue weighted by Crippen LogP contribution is 2.21. The fraction of sp³-hybridized carbons (Fsp3) is 0.357. The van der Waals surface area contributed by atoms with E-state index in [1.54, 1.807) is 0 Å². The fourth-order valence-electron chi connectivity index (χ4n) is 1.78. The van der Waals surface area contributed by atoms with Gasteiger partial charge in [-0.2, -0.15) is 15.0 Å². The molecule has 0 spiro atoms. The number of hydrazine groups is 1. The van der Waals surface area contributed by atoms with Crippen molar-refractivity contribution in [1.82, 2.24) is 15.0 Å². The maximum atomic E-state index is 5.35. The Labute approximate surface area is 123 Å². The lowest BCUT2D eigenvalue weighted by Gasteiger charge is -2.11. The summed E-state index contributed by atoms with van der Waals surface area (Å²) in [6, 6.07) is 8.31. The van der Waals surface area contributed by atoms with E-state index in [0.29, 0.717) is 18.5 Å². The van der Waals surface area contributed by atoms with Crippen molar-refractivity contribution in [3.05, 3.63) is 29.8 Å². The van der Waals surface area contributed by atoms with Crippen molar-refractivity contribution in [2.24, 2.45) is 5.84 Å². The number of ether oxygens (including phenoxy) is 1. The van der Waals surface area contributed by atoms with Crippen molar-refractivity contribution < 1.29 is 4.74 Å². The van der Waals surface area contributed by atoms with Crippen LogP contribution < -0.4 is 21.3 Å². The zero-order chi connectivity index (χ0) is 15.2. The largest absolute Gasteiger partial charge is 0.464 e. The molecular weight excluding hydrogens is 268 g/mol. The average Bonchev–Trinajstić information content (AvgIpc) is 2.47. The van der Waals surface area contributed by atoms with Crippen LogP contribution in [0.1, 0.15) is 32.3 Å². The standard InChI is InChI=1S/C14H20N6O/c1-4-21-14-18-12(17-13(19-14)20-15)16-11-7-5-6-10(8-11)9(2)3/h5-9H,4,15H2,1-3H3,(H2,16,17,18,19,20). The molecule has 1 heterocycles. The van der Waals surface area contributed by atoms with E-state index in [1.807, 2.05) is 19.1 Å². The van der Waals surface area contributed by atoms with Crippen LogP contribution >= 0.6 is 0 Å². The van der Waals surface area contributed by atoms with Gasteiger partial charge in [0.05, 0.1) is 6.61 Å². The summed E-state index contributed by atoms with van der Waals surface area (Å²) in [5.74, 6) is 6.43. The van der Waals surface area contributed by atoms with Crippen molar-refractivity contribution in [2.75, 3.05) is 17.3 Å². The summed E-state index contributed by atoms with van der Waals surface area (Å²) < 4.78 is 5.29. The number of anilines is 3. The lowest BCUT2D eigenvalue weighted by Crippen LogP contribution is -2.13. The molecule has 1 aromatic heterocycles. The molecule has 2 rings (SSSR count). The Bertz CT molecular complexity index is 602. The first kappa shape index (κ1) is 15.0. The molecule has 7 heteroatoms. The van der Waals surface area contributed by atoms with Gasteiger partial charge < -0.3 is 10.1 Å². The number of nitrogens with two attached hydrogens (primary N) is 1. The average molecular weight is 288 g/mol. The van der Waals surface area contributed by atoms with Gasteiger partial charge in [0, 0.05) is 5.69 Å². The van der Waals surface area contributed by atoms with Crippen LogP contribution in [0.2, 0.25) is 0 Å². The van der Waals surface area contributed by atoms with E-state index in [-0.39, 0.29) is 12.0 Å². The second-order valence-corrected chi connectivity index (χ2v) is 4.75. The summed E-state index contributed by atoms with van der Waals surface area (Å²) in [5.41, 5.74) is 4.53. The molecule has 0 aliphatic carbocycles. The summed E-state index contributed by atoms with van der Waals surface area (Å²) in [4.78, 5) is 12.4. The maximum Gasteiger partial charge on any atom is 0.323 e. The van der Waals surface area contributed by atoms with Gasteiger partial charge in [0.15, 0.2) is 0 Å². The van der Waals surface area contributed by atoms with Gasteiger partial charge >= 0.3 is 6.01 Å². The molecule has 1 aromatic carbocycles. The Morgan fingerprint density at radius 2 is 1.95 bits per heavy atom. The lowest BCUT2D eigenvalue weighted by molar-refractivity contribution is 0.312. The van der Waals surface area contributed by atoms with Gasteiger partial charge in [-0.1, -0.05) is 26.0 Å². The summed E-state index contributed by atoms with van der Waals surface area (Å²) in [6.45, 7) is 6.62. The van der Waals surface area contributed by atoms with Crippen LogP contribution in [0.3, 0.4) is 0 Å². The summed E-state index contributed by atoms with van der Waals surface area (Å²) in [6.07, 6.45) is 0. The minimum atomic E-state index is 0.225. The molecule has 112 valence electrons. The Hall–Kier alpha value is -2.41. The zero-order valence-electron chi connectivity index (χ0n) is 12.4. The third-order valence-corrected chi connectivity index (χ3v) is 2.83. The van der Waals surface area contributed by atoms with Crippen molar-refractivity contribution in [3.63, 3.8) is 0 Å². The van der Waals surface area contributed by atoms with Gasteiger partial charge in [0.25, 0.3) is 0 Å². The number of hydrogen-bond acceptors (Lipinski definition) is 7. The first-order chi connectivity index (χ1) is 10.1. The molecule has 2 aromatic rings. The van der Waals surface area contributed by atoms with Gasteiger partial charge in [-0.25, -0.2) is 5.84 Å². The van der Waals surface area contributed by atoms with Crippen LogP contribution in [0.4, 0.5) is 17.6 Å². The first-order valence-corrected chi connectivity index (χ1v) is 6.84. The third-order valence-electron chi connectivity index (χ3n) is 2.83. The predicted octanol–water partition coefficient (Wildman–Crippen LogP) is 2.42. The van der Waals surface area contributed by atoms with E-state index in [9.17, 15) is 0 Å². The van der Waals surface area contributed by atoms with Gasteiger partial charge in [-0.3, -0.25) is 5.43 Å². The summed E-state index contributed by atoms with van der Waals surface area (Å²) in [7, 11) is 0. The number of hydrogen-bond donors (Lipinski definition) is 3. The van der Waals surface area contributed by atoms with E-state index in [4.69, 9.17) is 10.6 Å². The second-order valence-electron chi connectivity index (χ2n) is 4.75. The molecule has 0 atom stereocenters. The molecular formula is C14H20N6O. The number of aromatic nitrogens is 3. The number of nitrogens with one attached hydrogen (secondary N) is 2. The zero-order valence-corrected chi connectivity index (χ0v) is 12.4. The molecule has 0 aliphatic heterocycles. The van der Waals surface area contributed by atoms with E-state index < -0.39 is 0 Å². The van der Waals surface area contributed by atoms with E-state index in [0.717, 1.165) is 5.69 Å². The summed E-state index contributed by atoms with van der Waals surface area (Å²) >= 11 is 0. The van der Waals surface area contributed by atoms with Crippen molar-refractivity contribution in [3.8, 4) is 6.01 Å². The van der Waals surface area contributed by atoms with Crippen molar-refractivity contribution in [2.45, 2.75) is 26.7 Å².